The molecule has 1 fully saturated rings. The molecule has 1 aliphatic rings. The molecule has 10 heteroatoms. The van der Waals surface area contributed by atoms with Gasteiger partial charge in [-0.3, -0.25) is 9.59 Å². The number of hydrogen-bond acceptors (Lipinski definition) is 5. The van der Waals surface area contributed by atoms with Gasteiger partial charge in [0.2, 0.25) is 15.5 Å². The second-order valence-corrected chi connectivity index (χ2v) is 9.05. The molecule has 1 aromatic carbocycles. The molecule has 8 nitrogen and oxygen atoms in total. The lowest BCUT2D eigenvalue weighted by Gasteiger charge is -2.18. The highest BCUT2D eigenvalue weighted by molar-refractivity contribution is 7.89. The van der Waals surface area contributed by atoms with Crippen LogP contribution < -0.4 is 5.43 Å². The summed E-state index contributed by atoms with van der Waals surface area (Å²) in [5.41, 5.74) is -0.405. The molecule has 2 N–H and O–H groups in total. The average molecular weight is 397 g/mol. The number of carbonyl (C=O) groups is 1. The minimum Gasteiger partial charge on any atom is -0.391 e. The first kappa shape index (κ1) is 19.5. The third-order valence-corrected chi connectivity index (χ3v) is 6.71. The molecule has 2 aromatic rings. The largest absolute Gasteiger partial charge is 0.391 e. The highest BCUT2D eigenvalue weighted by Crippen LogP contribution is 2.21. The van der Waals surface area contributed by atoms with Gasteiger partial charge in [-0.2, -0.15) is 0 Å². The topological polar surface area (TPSA) is 111 Å². The van der Waals surface area contributed by atoms with Gasteiger partial charge in [0.05, 0.1) is 11.9 Å². The smallest absolute Gasteiger partial charge is 0.259 e. The van der Waals surface area contributed by atoms with Crippen LogP contribution in [0.15, 0.2) is 29.2 Å². The molecule has 1 aromatic heterocycles. The summed E-state index contributed by atoms with van der Waals surface area (Å²) < 4.78 is 38.6. The van der Waals surface area contributed by atoms with Crippen molar-refractivity contribution in [2.24, 2.45) is 5.92 Å². The monoisotopic (exact) mass is 397 g/mol. The second-order valence-electron chi connectivity index (χ2n) is 6.82. The maximum Gasteiger partial charge on any atom is 0.259 e. The number of pyridine rings is 1. The maximum atomic E-state index is 13.4. The number of nitrogens with one attached hydrogen (secondary N) is 1. The number of halogens is 1. The first-order valence-electron chi connectivity index (χ1n) is 8.28. The van der Waals surface area contributed by atoms with Crippen molar-refractivity contribution in [1.29, 1.82) is 0 Å². The van der Waals surface area contributed by atoms with Crippen molar-refractivity contribution in [3.63, 3.8) is 0 Å². The molecule has 0 radical (unpaired) electrons. The van der Waals surface area contributed by atoms with Gasteiger partial charge < -0.3 is 15.0 Å². The number of carbonyl (C=O) groups excluding carboxylic acids is 1. The number of aliphatic hydroxyl groups is 1. The van der Waals surface area contributed by atoms with Crippen LogP contribution in [-0.2, 0) is 10.0 Å². The first-order chi connectivity index (χ1) is 12.6. The number of likely N-dealkylation sites (tertiary alicyclic amines) is 1. The summed E-state index contributed by atoms with van der Waals surface area (Å²) in [7, 11) is -0.752. The standard InChI is InChI=1S/C17H20FN3O5S/c1-20(2)27(25,26)9-10-7-21(8-15(10)22)17(24)13-6-19-14-4-3-11(18)5-12(14)16(13)23/h3-6,10,15,22H,7-9H2,1-2H3,(H,19,23)/t10-,15-/m0/s1. The van der Waals surface area contributed by atoms with Gasteiger partial charge >= 0.3 is 0 Å². The summed E-state index contributed by atoms with van der Waals surface area (Å²) >= 11 is 0. The molecule has 0 bridgehead atoms. The fourth-order valence-electron chi connectivity index (χ4n) is 3.12. The van der Waals surface area contributed by atoms with E-state index in [1.165, 1.54) is 37.3 Å². The quantitative estimate of drug-likeness (QED) is 0.754. The molecule has 1 amide bonds. The van der Waals surface area contributed by atoms with E-state index in [4.69, 9.17) is 0 Å². The molecule has 146 valence electrons. The Morgan fingerprint density at radius 3 is 2.74 bits per heavy atom. The normalized spacial score (nSPS) is 20.6. The molecule has 0 unspecified atom stereocenters. The van der Waals surface area contributed by atoms with Crippen molar-refractivity contribution in [3.05, 3.63) is 46.0 Å². The van der Waals surface area contributed by atoms with Crippen molar-refractivity contribution in [2.45, 2.75) is 6.10 Å². The van der Waals surface area contributed by atoms with Crippen molar-refractivity contribution in [1.82, 2.24) is 14.2 Å². The number of hydrogen-bond donors (Lipinski definition) is 2. The summed E-state index contributed by atoms with van der Waals surface area (Å²) in [4.78, 5) is 29.3. The molecule has 1 aliphatic heterocycles. The summed E-state index contributed by atoms with van der Waals surface area (Å²) in [6.07, 6.45) is 0.238. The molecule has 27 heavy (non-hydrogen) atoms. The number of sulfonamides is 1. The van der Waals surface area contributed by atoms with Crippen LogP contribution in [0.4, 0.5) is 4.39 Å². The lowest BCUT2D eigenvalue weighted by atomic mass is 10.1. The highest BCUT2D eigenvalue weighted by atomic mass is 32.2. The molecule has 2 atom stereocenters. The SMILES string of the molecule is CN(C)S(=O)(=O)C[C@@H]1CN(C(=O)c2c[nH]c3ccc(F)cc3c2=O)C[C@@H]1O. The van der Waals surface area contributed by atoms with Crippen molar-refractivity contribution < 1.29 is 22.7 Å². The number of aromatic nitrogens is 1. The molecule has 0 aliphatic carbocycles. The number of amides is 1. The van der Waals surface area contributed by atoms with Crippen LogP contribution in [0.3, 0.4) is 0 Å². The van der Waals surface area contributed by atoms with E-state index in [0.717, 1.165) is 10.4 Å². The van der Waals surface area contributed by atoms with E-state index >= 15 is 0 Å². The minimum absolute atomic E-state index is 0.00764. The molecular weight excluding hydrogens is 377 g/mol. The van der Waals surface area contributed by atoms with Gasteiger partial charge in [-0.25, -0.2) is 17.1 Å². The van der Waals surface area contributed by atoms with E-state index in [0.29, 0.717) is 5.52 Å². The van der Waals surface area contributed by atoms with Crippen molar-refractivity contribution in [2.75, 3.05) is 32.9 Å². The Morgan fingerprint density at radius 1 is 1.37 bits per heavy atom. The van der Waals surface area contributed by atoms with Crippen LogP contribution in [0.25, 0.3) is 10.9 Å². The van der Waals surface area contributed by atoms with Crippen LogP contribution >= 0.6 is 0 Å². The van der Waals surface area contributed by atoms with E-state index in [2.05, 4.69) is 4.98 Å². The summed E-state index contributed by atoms with van der Waals surface area (Å²) in [6.45, 7) is -0.0687. The fraction of sp³-hybridized carbons (Fsp3) is 0.412. The number of β-amino-alcohol motifs (C(OH)–C–C–N with tert-alkyl or cyclic N) is 1. The lowest BCUT2D eigenvalue weighted by Crippen LogP contribution is -2.34. The Labute approximate surface area is 155 Å². The zero-order valence-corrected chi connectivity index (χ0v) is 15.7. The van der Waals surface area contributed by atoms with E-state index in [1.807, 2.05) is 0 Å². The molecule has 1 saturated heterocycles. The number of aliphatic hydroxyl groups excluding tert-OH is 1. The number of benzene rings is 1. The average Bonchev–Trinajstić information content (AvgIpc) is 2.95. The predicted molar refractivity (Wildman–Crippen MR) is 97.4 cm³/mol. The minimum atomic E-state index is -3.54. The predicted octanol–water partition coefficient (Wildman–Crippen LogP) is -0.00850. The van der Waals surface area contributed by atoms with Gasteiger partial charge in [0.15, 0.2) is 0 Å². The third-order valence-electron chi connectivity index (χ3n) is 4.75. The van der Waals surface area contributed by atoms with Gasteiger partial charge in [-0.15, -0.1) is 0 Å². The van der Waals surface area contributed by atoms with Crippen LogP contribution in [0.1, 0.15) is 10.4 Å². The number of H-pyrrole nitrogens is 1. The van der Waals surface area contributed by atoms with E-state index in [9.17, 15) is 27.5 Å². The van der Waals surface area contributed by atoms with E-state index < -0.39 is 39.2 Å². The Bertz CT molecular complexity index is 1050. The number of nitrogens with zero attached hydrogens (tertiary/aromatic N) is 2. The summed E-state index contributed by atoms with van der Waals surface area (Å²) in [6, 6.07) is 3.66. The Balaban J connectivity index is 1.86. The maximum absolute atomic E-state index is 13.4. The lowest BCUT2D eigenvalue weighted by molar-refractivity contribution is 0.0763. The first-order valence-corrected chi connectivity index (χ1v) is 9.89. The second kappa shape index (κ2) is 7.02. The molecule has 0 spiro atoms. The Hall–Kier alpha value is -2.30. The van der Waals surface area contributed by atoms with Crippen LogP contribution in [0.5, 0.6) is 0 Å². The van der Waals surface area contributed by atoms with Gasteiger partial charge in [0, 0.05) is 50.2 Å². The molecule has 3 rings (SSSR count). The molecular formula is C17H20FN3O5S. The Morgan fingerprint density at radius 2 is 2.07 bits per heavy atom. The van der Waals surface area contributed by atoms with Crippen molar-refractivity contribution >= 4 is 26.8 Å². The van der Waals surface area contributed by atoms with E-state index in [-0.39, 0.29) is 29.8 Å². The third kappa shape index (κ3) is 3.73. The zero-order chi connectivity index (χ0) is 19.9. The fourth-order valence-corrected chi connectivity index (χ4v) is 4.29. The van der Waals surface area contributed by atoms with Crippen molar-refractivity contribution in [3.8, 4) is 0 Å². The summed E-state index contributed by atoms with van der Waals surface area (Å²) in [5, 5.41) is 10.2. The Kier molecular flexibility index (Phi) is 5.06. The number of fused-ring (bicyclic) bond motifs is 1. The zero-order valence-electron chi connectivity index (χ0n) is 14.8. The number of aromatic amines is 1. The van der Waals surface area contributed by atoms with Crippen LogP contribution in [0, 0.1) is 11.7 Å². The highest BCUT2D eigenvalue weighted by Gasteiger charge is 2.38. The van der Waals surface area contributed by atoms with Gasteiger partial charge in [0.1, 0.15) is 11.4 Å². The van der Waals surface area contributed by atoms with Crippen LogP contribution in [0.2, 0.25) is 0 Å². The van der Waals surface area contributed by atoms with Gasteiger partial charge in [-0.1, -0.05) is 0 Å². The van der Waals surface area contributed by atoms with Gasteiger partial charge in [0.25, 0.3) is 5.91 Å². The van der Waals surface area contributed by atoms with Gasteiger partial charge in [-0.05, 0) is 18.2 Å². The molecule has 2 heterocycles. The van der Waals surface area contributed by atoms with E-state index in [1.54, 1.807) is 0 Å². The van der Waals surface area contributed by atoms with Crippen LogP contribution in [-0.4, -0.2) is 72.7 Å². The number of rotatable bonds is 4. The molecule has 0 saturated carbocycles. The summed E-state index contributed by atoms with van der Waals surface area (Å²) in [5.74, 6) is -2.18.